The largest absolute Gasteiger partial charge is 0.444 e. The molecule has 1 aromatic carbocycles. The first-order chi connectivity index (χ1) is 11.1. The highest BCUT2D eigenvalue weighted by Gasteiger charge is 2.35. The normalized spacial score (nSPS) is 17.3. The van der Waals surface area contributed by atoms with Crippen LogP contribution in [0.2, 0.25) is 0 Å². The summed E-state index contributed by atoms with van der Waals surface area (Å²) in [4.78, 5) is 25.1. The fourth-order valence-electron chi connectivity index (χ4n) is 2.81. The minimum atomic E-state index is -0.507. The van der Waals surface area contributed by atoms with Crippen molar-refractivity contribution in [3.05, 3.63) is 29.8 Å². The molecule has 1 heterocycles. The van der Waals surface area contributed by atoms with Gasteiger partial charge in [0.05, 0.1) is 0 Å². The molecule has 1 aliphatic heterocycles. The van der Waals surface area contributed by atoms with Gasteiger partial charge in [0.2, 0.25) is 5.91 Å². The molecule has 132 valence electrons. The number of anilines is 1. The topological polar surface area (TPSA) is 84.7 Å². The molecule has 0 spiro atoms. The van der Waals surface area contributed by atoms with Crippen LogP contribution >= 0.6 is 0 Å². The third-order valence-electron chi connectivity index (χ3n) is 4.07. The van der Waals surface area contributed by atoms with Gasteiger partial charge in [-0.3, -0.25) is 4.79 Å². The molecule has 0 radical (unpaired) electrons. The highest BCUT2D eigenvalue weighted by atomic mass is 16.6. The van der Waals surface area contributed by atoms with Crippen LogP contribution < -0.4 is 11.1 Å². The van der Waals surface area contributed by atoms with Crippen LogP contribution in [0.4, 0.5) is 10.5 Å². The Balaban J connectivity index is 2.04. The van der Waals surface area contributed by atoms with Crippen LogP contribution in [0.15, 0.2) is 24.3 Å². The summed E-state index contributed by atoms with van der Waals surface area (Å²) in [5.41, 5.74) is 7.28. The average Bonchev–Trinajstić information content (AvgIpc) is 2.45. The Morgan fingerprint density at radius 2 is 1.88 bits per heavy atom. The van der Waals surface area contributed by atoms with Crippen molar-refractivity contribution in [3.63, 3.8) is 0 Å². The first kappa shape index (κ1) is 18.3. The van der Waals surface area contributed by atoms with Gasteiger partial charge in [0.1, 0.15) is 5.60 Å². The van der Waals surface area contributed by atoms with Crippen LogP contribution in [-0.2, 0) is 15.1 Å². The predicted octanol–water partition coefficient (Wildman–Crippen LogP) is 2.83. The molecular weight excluding hydrogens is 306 g/mol. The molecule has 0 aromatic heterocycles. The molecule has 2 rings (SSSR count). The van der Waals surface area contributed by atoms with Crippen molar-refractivity contribution in [2.75, 3.05) is 18.4 Å². The van der Waals surface area contributed by atoms with Gasteiger partial charge < -0.3 is 20.7 Å². The number of carbonyl (C=O) groups is 2. The van der Waals surface area contributed by atoms with Crippen LogP contribution in [-0.4, -0.2) is 35.6 Å². The highest BCUT2D eigenvalue weighted by molar-refractivity contribution is 5.88. The molecule has 6 heteroatoms. The van der Waals surface area contributed by atoms with Gasteiger partial charge in [0.25, 0.3) is 0 Å². The molecule has 24 heavy (non-hydrogen) atoms. The SMILES string of the molecule is CC(=O)Nc1cccc(C2(N)CCN(C(=O)OC(C)(C)C)CC2)c1. The molecule has 0 aliphatic carbocycles. The lowest BCUT2D eigenvalue weighted by molar-refractivity contribution is -0.114. The summed E-state index contributed by atoms with van der Waals surface area (Å²) in [6.45, 7) is 8.15. The summed E-state index contributed by atoms with van der Waals surface area (Å²) in [6, 6.07) is 7.60. The van der Waals surface area contributed by atoms with Crippen LogP contribution in [0.25, 0.3) is 0 Å². The van der Waals surface area contributed by atoms with Crippen molar-refractivity contribution in [1.29, 1.82) is 0 Å². The number of hydrogen-bond donors (Lipinski definition) is 2. The van der Waals surface area contributed by atoms with E-state index in [9.17, 15) is 9.59 Å². The van der Waals surface area contributed by atoms with Gasteiger partial charge in [-0.1, -0.05) is 12.1 Å². The van der Waals surface area contributed by atoms with E-state index >= 15 is 0 Å². The van der Waals surface area contributed by atoms with E-state index < -0.39 is 11.1 Å². The molecule has 1 aliphatic rings. The Bertz CT molecular complexity index is 614. The number of nitrogens with one attached hydrogen (secondary N) is 1. The van der Waals surface area contributed by atoms with Crippen LogP contribution in [0.3, 0.4) is 0 Å². The second-order valence-corrected chi connectivity index (χ2v) is 7.39. The maximum Gasteiger partial charge on any atom is 0.410 e. The lowest BCUT2D eigenvalue weighted by Gasteiger charge is -2.40. The number of likely N-dealkylation sites (tertiary alicyclic amines) is 1. The summed E-state index contributed by atoms with van der Waals surface area (Å²) in [5.74, 6) is -0.113. The zero-order valence-corrected chi connectivity index (χ0v) is 14.9. The van der Waals surface area contributed by atoms with Crippen LogP contribution in [0.5, 0.6) is 0 Å². The zero-order valence-electron chi connectivity index (χ0n) is 14.9. The van der Waals surface area contributed by atoms with Gasteiger partial charge in [0, 0.05) is 31.2 Å². The van der Waals surface area contributed by atoms with Gasteiger partial charge in [0.15, 0.2) is 0 Å². The number of hydrogen-bond acceptors (Lipinski definition) is 4. The van der Waals surface area contributed by atoms with Gasteiger partial charge in [-0.15, -0.1) is 0 Å². The number of amides is 2. The Hall–Kier alpha value is -2.08. The van der Waals surface area contributed by atoms with E-state index in [0.29, 0.717) is 25.9 Å². The number of piperidine rings is 1. The average molecular weight is 333 g/mol. The molecule has 0 saturated carbocycles. The number of carbonyl (C=O) groups excluding carboxylic acids is 2. The zero-order chi connectivity index (χ0) is 18.0. The van der Waals surface area contributed by atoms with E-state index in [1.807, 2.05) is 45.0 Å². The van der Waals surface area contributed by atoms with Crippen molar-refractivity contribution in [2.45, 2.75) is 51.7 Å². The lowest BCUT2D eigenvalue weighted by Crippen LogP contribution is -2.50. The maximum absolute atomic E-state index is 12.2. The van der Waals surface area contributed by atoms with Crippen molar-refractivity contribution in [2.24, 2.45) is 5.73 Å². The number of nitrogens with zero attached hydrogens (tertiary/aromatic N) is 1. The van der Waals surface area contributed by atoms with Gasteiger partial charge >= 0.3 is 6.09 Å². The Morgan fingerprint density at radius 1 is 1.25 bits per heavy atom. The summed E-state index contributed by atoms with van der Waals surface area (Å²) < 4.78 is 5.41. The van der Waals surface area contributed by atoms with Gasteiger partial charge in [-0.25, -0.2) is 4.79 Å². The summed E-state index contributed by atoms with van der Waals surface area (Å²) in [6.07, 6.45) is 1.00. The number of nitrogens with two attached hydrogens (primary N) is 1. The Morgan fingerprint density at radius 3 is 2.42 bits per heavy atom. The third kappa shape index (κ3) is 4.71. The van der Waals surface area contributed by atoms with Crippen molar-refractivity contribution < 1.29 is 14.3 Å². The summed E-state index contributed by atoms with van der Waals surface area (Å²) in [5, 5.41) is 2.78. The van der Waals surface area contributed by atoms with Crippen molar-refractivity contribution in [1.82, 2.24) is 4.90 Å². The van der Waals surface area contributed by atoms with Gasteiger partial charge in [-0.2, -0.15) is 0 Å². The molecule has 2 amide bonds. The molecule has 0 unspecified atom stereocenters. The Labute approximate surface area is 143 Å². The van der Waals surface area contributed by atoms with Crippen LogP contribution in [0.1, 0.15) is 46.1 Å². The minimum absolute atomic E-state index is 0.113. The highest BCUT2D eigenvalue weighted by Crippen LogP contribution is 2.32. The third-order valence-corrected chi connectivity index (χ3v) is 4.07. The monoisotopic (exact) mass is 333 g/mol. The standard InChI is InChI=1S/C18H27N3O3/c1-13(22)20-15-7-5-6-14(12-15)18(19)8-10-21(11-9-18)16(23)24-17(2,3)4/h5-7,12H,8-11,19H2,1-4H3,(H,20,22). The molecule has 1 saturated heterocycles. The number of rotatable bonds is 2. The molecule has 1 fully saturated rings. The molecular formula is C18H27N3O3. The van der Waals surface area contributed by atoms with Crippen molar-refractivity contribution in [3.8, 4) is 0 Å². The van der Waals surface area contributed by atoms with E-state index in [-0.39, 0.29) is 12.0 Å². The quantitative estimate of drug-likeness (QED) is 0.871. The first-order valence-corrected chi connectivity index (χ1v) is 8.24. The van der Waals surface area contributed by atoms with Crippen molar-refractivity contribution >= 4 is 17.7 Å². The smallest absolute Gasteiger partial charge is 0.410 e. The summed E-state index contributed by atoms with van der Waals surface area (Å²) >= 11 is 0. The van der Waals surface area contributed by atoms with E-state index in [4.69, 9.17) is 10.5 Å². The fourth-order valence-corrected chi connectivity index (χ4v) is 2.81. The maximum atomic E-state index is 12.2. The van der Waals surface area contributed by atoms with E-state index in [1.54, 1.807) is 4.90 Å². The predicted molar refractivity (Wildman–Crippen MR) is 93.7 cm³/mol. The minimum Gasteiger partial charge on any atom is -0.444 e. The van der Waals surface area contributed by atoms with E-state index in [1.165, 1.54) is 6.92 Å². The second kappa shape index (κ2) is 6.81. The fraction of sp³-hybridized carbons (Fsp3) is 0.556. The number of ether oxygens (including phenoxy) is 1. The molecule has 6 nitrogen and oxygen atoms in total. The van der Waals surface area contributed by atoms with Crippen LogP contribution in [0, 0.1) is 0 Å². The first-order valence-electron chi connectivity index (χ1n) is 8.24. The van der Waals surface area contributed by atoms with E-state index in [0.717, 1.165) is 11.3 Å². The molecule has 0 atom stereocenters. The summed E-state index contributed by atoms with van der Waals surface area (Å²) in [7, 11) is 0. The van der Waals surface area contributed by atoms with Gasteiger partial charge in [-0.05, 0) is 51.3 Å². The molecule has 1 aromatic rings. The Kier molecular flexibility index (Phi) is 5.18. The molecule has 0 bridgehead atoms. The lowest BCUT2D eigenvalue weighted by atomic mass is 9.82. The molecule has 3 N–H and O–H groups in total. The second-order valence-electron chi connectivity index (χ2n) is 7.39. The van der Waals surface area contributed by atoms with E-state index in [2.05, 4.69) is 5.32 Å². The number of benzene rings is 1.